The summed E-state index contributed by atoms with van der Waals surface area (Å²) in [4.78, 5) is -1.06. The fourth-order valence-corrected chi connectivity index (χ4v) is 2.76. The molecule has 1 unspecified atom stereocenters. The lowest BCUT2D eigenvalue weighted by Gasteiger charge is -2.42. The van der Waals surface area contributed by atoms with Crippen LogP contribution in [-0.4, -0.2) is 45.5 Å². The topological polar surface area (TPSA) is 58.9 Å². The Balaban J connectivity index is 2.17. The van der Waals surface area contributed by atoms with Crippen LogP contribution in [0.3, 0.4) is 0 Å². The van der Waals surface area contributed by atoms with Gasteiger partial charge in [0.25, 0.3) is 0 Å². The van der Waals surface area contributed by atoms with Gasteiger partial charge in [-0.2, -0.15) is 0 Å². The van der Waals surface area contributed by atoms with E-state index in [1.54, 1.807) is 13.8 Å². The molecule has 4 nitrogen and oxygen atoms in total. The van der Waals surface area contributed by atoms with Crippen molar-refractivity contribution in [2.24, 2.45) is 0 Å². The minimum atomic E-state index is -1.06. The lowest BCUT2D eigenvalue weighted by molar-refractivity contribution is -0.321. The fraction of sp³-hybridized carbons (Fsp3) is 1.00. The number of aliphatic hydroxyl groups is 2. The maximum Gasteiger partial charge on any atom is 0.163 e. The van der Waals surface area contributed by atoms with E-state index >= 15 is 0 Å². The zero-order chi connectivity index (χ0) is 9.69. The van der Waals surface area contributed by atoms with E-state index in [-0.39, 0.29) is 6.61 Å². The lowest BCUT2D eigenvalue weighted by atomic mass is 10.1. The minimum Gasteiger partial charge on any atom is -0.389 e. The molecule has 2 rings (SSSR count). The van der Waals surface area contributed by atoms with E-state index in [4.69, 9.17) is 9.47 Å². The van der Waals surface area contributed by atoms with Gasteiger partial charge in [-0.05, 0) is 13.8 Å². The third kappa shape index (κ3) is 1.59. The first-order chi connectivity index (χ1) is 5.93. The number of hydrogen-bond acceptors (Lipinski definition) is 5. The van der Waals surface area contributed by atoms with Crippen molar-refractivity contribution in [1.82, 2.24) is 0 Å². The van der Waals surface area contributed by atoms with E-state index in [0.717, 1.165) is 0 Å². The number of rotatable bonds is 0. The number of fused-ring (bicyclic) bond motifs is 1. The van der Waals surface area contributed by atoms with Crippen molar-refractivity contribution in [3.8, 4) is 0 Å². The zero-order valence-corrected chi connectivity index (χ0v) is 8.50. The highest BCUT2D eigenvalue weighted by atomic mass is 32.2. The summed E-state index contributed by atoms with van der Waals surface area (Å²) in [7, 11) is 0. The van der Waals surface area contributed by atoms with E-state index in [1.807, 2.05) is 0 Å². The molecule has 0 spiro atoms. The van der Waals surface area contributed by atoms with Crippen LogP contribution in [0, 0.1) is 0 Å². The first kappa shape index (κ1) is 9.73. The lowest BCUT2D eigenvalue weighted by Crippen LogP contribution is -2.56. The summed E-state index contributed by atoms with van der Waals surface area (Å²) < 4.78 is 10.8. The highest BCUT2D eigenvalue weighted by molar-refractivity contribution is 8.00. The van der Waals surface area contributed by atoms with Crippen molar-refractivity contribution in [2.45, 2.75) is 36.8 Å². The van der Waals surface area contributed by atoms with E-state index < -0.39 is 22.9 Å². The van der Waals surface area contributed by atoms with Crippen molar-refractivity contribution in [1.29, 1.82) is 0 Å². The summed E-state index contributed by atoms with van der Waals surface area (Å²) in [6.07, 6.45) is -1.13. The second kappa shape index (κ2) is 2.84. The molecule has 0 aromatic rings. The van der Waals surface area contributed by atoms with Crippen LogP contribution in [0.25, 0.3) is 0 Å². The average Bonchev–Trinajstić information content (AvgIpc) is 2.31. The van der Waals surface area contributed by atoms with Crippen molar-refractivity contribution < 1.29 is 19.7 Å². The molecular formula is C8H14O4S. The number of ether oxygens (including phenoxy) is 2. The van der Waals surface area contributed by atoms with Gasteiger partial charge in [0, 0.05) is 5.75 Å². The molecule has 0 radical (unpaired) electrons. The molecule has 0 amide bonds. The van der Waals surface area contributed by atoms with Gasteiger partial charge >= 0.3 is 0 Å². The maximum atomic E-state index is 9.97. The van der Waals surface area contributed by atoms with E-state index in [1.165, 1.54) is 11.8 Å². The molecule has 2 aliphatic heterocycles. The van der Waals surface area contributed by atoms with Crippen LogP contribution in [0.5, 0.6) is 0 Å². The molecule has 0 saturated carbocycles. The number of thioether (sulfide) groups is 1. The molecule has 3 atom stereocenters. The van der Waals surface area contributed by atoms with Crippen LogP contribution in [0.2, 0.25) is 0 Å². The van der Waals surface area contributed by atoms with E-state index in [2.05, 4.69) is 0 Å². The average molecular weight is 206 g/mol. The zero-order valence-electron chi connectivity index (χ0n) is 7.69. The monoisotopic (exact) mass is 206 g/mol. The van der Waals surface area contributed by atoms with Crippen molar-refractivity contribution in [3.05, 3.63) is 0 Å². The van der Waals surface area contributed by atoms with Crippen molar-refractivity contribution >= 4 is 11.8 Å². The normalized spacial score (nSPS) is 48.9. The first-order valence-corrected chi connectivity index (χ1v) is 5.28. The Kier molecular flexibility index (Phi) is 2.13. The standard InChI is InChI=1S/C8H14O4S/c1-7(2)11-4-8(10)6(12-7)5(9)3-13-8/h5-6,9-10H,3-4H2,1-2H3/t5-,6-,8?/m0/s1. The minimum absolute atomic E-state index is 0.215. The van der Waals surface area contributed by atoms with Gasteiger partial charge in [0.05, 0.1) is 12.7 Å². The Hall–Kier alpha value is 0.190. The van der Waals surface area contributed by atoms with Gasteiger partial charge in [0.15, 0.2) is 10.7 Å². The van der Waals surface area contributed by atoms with Crippen LogP contribution in [0.4, 0.5) is 0 Å². The summed E-state index contributed by atoms with van der Waals surface area (Å²) in [5, 5.41) is 19.5. The largest absolute Gasteiger partial charge is 0.389 e. The third-order valence-electron chi connectivity index (χ3n) is 2.34. The molecule has 2 aliphatic rings. The highest BCUT2D eigenvalue weighted by Crippen LogP contribution is 2.43. The van der Waals surface area contributed by atoms with Gasteiger partial charge in [-0.15, -0.1) is 11.8 Å². The van der Waals surface area contributed by atoms with Crippen LogP contribution in [0.15, 0.2) is 0 Å². The summed E-state index contributed by atoms with van der Waals surface area (Å²) in [5.41, 5.74) is 0. The van der Waals surface area contributed by atoms with Crippen LogP contribution in [0.1, 0.15) is 13.8 Å². The van der Waals surface area contributed by atoms with Gasteiger partial charge in [0.2, 0.25) is 0 Å². The first-order valence-electron chi connectivity index (χ1n) is 4.29. The Morgan fingerprint density at radius 3 is 2.85 bits per heavy atom. The molecule has 0 bridgehead atoms. The van der Waals surface area contributed by atoms with Gasteiger partial charge in [0.1, 0.15) is 6.10 Å². The van der Waals surface area contributed by atoms with Gasteiger partial charge in [-0.1, -0.05) is 0 Å². The Morgan fingerprint density at radius 1 is 1.46 bits per heavy atom. The molecule has 2 saturated heterocycles. The van der Waals surface area contributed by atoms with Crippen molar-refractivity contribution in [2.75, 3.05) is 12.4 Å². The maximum absolute atomic E-state index is 9.97. The van der Waals surface area contributed by atoms with Gasteiger partial charge < -0.3 is 19.7 Å². The molecule has 2 heterocycles. The van der Waals surface area contributed by atoms with Gasteiger partial charge in [-0.25, -0.2) is 0 Å². The predicted octanol–water partition coefficient (Wildman–Crippen LogP) is -0.0658. The highest BCUT2D eigenvalue weighted by Gasteiger charge is 2.54. The SMILES string of the molecule is CC1(C)OCC2(O)SC[C@H](O)[C@@H]2O1. The van der Waals surface area contributed by atoms with Crippen LogP contribution in [-0.2, 0) is 9.47 Å². The predicted molar refractivity (Wildman–Crippen MR) is 48.3 cm³/mol. The Labute approximate surface area is 81.2 Å². The van der Waals surface area contributed by atoms with Crippen LogP contribution >= 0.6 is 11.8 Å². The molecule has 76 valence electrons. The second-order valence-corrected chi connectivity index (χ2v) is 5.28. The summed E-state index contributed by atoms with van der Waals surface area (Å²) in [5.74, 6) is -0.205. The van der Waals surface area contributed by atoms with Crippen LogP contribution < -0.4 is 0 Å². The van der Waals surface area contributed by atoms with E-state index in [0.29, 0.717) is 5.75 Å². The quantitative estimate of drug-likeness (QED) is 0.581. The van der Waals surface area contributed by atoms with Gasteiger partial charge in [-0.3, -0.25) is 0 Å². The molecular weight excluding hydrogens is 192 g/mol. The fourth-order valence-electron chi connectivity index (χ4n) is 1.61. The number of hydrogen-bond donors (Lipinski definition) is 2. The molecule has 2 fully saturated rings. The smallest absolute Gasteiger partial charge is 0.163 e. The summed E-state index contributed by atoms with van der Waals surface area (Å²) in [6, 6.07) is 0. The summed E-state index contributed by atoms with van der Waals surface area (Å²) >= 11 is 1.29. The molecule has 2 N–H and O–H groups in total. The number of aliphatic hydroxyl groups excluding tert-OH is 1. The molecule has 0 aromatic carbocycles. The third-order valence-corrected chi connectivity index (χ3v) is 3.69. The second-order valence-electron chi connectivity index (χ2n) is 3.95. The molecule has 5 heteroatoms. The van der Waals surface area contributed by atoms with E-state index in [9.17, 15) is 10.2 Å². The Bertz CT molecular complexity index is 220. The molecule has 0 aliphatic carbocycles. The molecule has 0 aromatic heterocycles. The summed E-state index contributed by atoms with van der Waals surface area (Å²) in [6.45, 7) is 3.77. The van der Waals surface area contributed by atoms with Crippen molar-refractivity contribution in [3.63, 3.8) is 0 Å². The Morgan fingerprint density at radius 2 is 2.15 bits per heavy atom. The molecule has 13 heavy (non-hydrogen) atoms.